The molecule has 1 aromatic carbocycles. The Morgan fingerprint density at radius 1 is 1.26 bits per heavy atom. The molecule has 23 heavy (non-hydrogen) atoms. The number of nitrogens with one attached hydrogen (secondary N) is 1. The maximum atomic E-state index is 12.3. The molecule has 5 nitrogen and oxygen atoms in total. The number of methoxy groups -OCH3 is 1. The van der Waals surface area contributed by atoms with Gasteiger partial charge in [-0.2, -0.15) is 0 Å². The van der Waals surface area contributed by atoms with Gasteiger partial charge in [0.2, 0.25) is 5.91 Å². The average molecular weight is 337 g/mol. The van der Waals surface area contributed by atoms with Crippen molar-refractivity contribution >= 4 is 15.7 Å². The SMILES string of the molecule is COc1ccc(C(CC(=O)NC2CCS(=O)(=O)C2)C2CC2)cc1. The van der Waals surface area contributed by atoms with Gasteiger partial charge in [0.1, 0.15) is 5.75 Å². The van der Waals surface area contributed by atoms with Crippen molar-refractivity contribution in [3.8, 4) is 5.75 Å². The summed E-state index contributed by atoms with van der Waals surface area (Å²) < 4.78 is 28.1. The van der Waals surface area contributed by atoms with E-state index >= 15 is 0 Å². The van der Waals surface area contributed by atoms with E-state index in [9.17, 15) is 13.2 Å². The number of carbonyl (C=O) groups is 1. The van der Waals surface area contributed by atoms with Crippen LogP contribution in [0, 0.1) is 5.92 Å². The summed E-state index contributed by atoms with van der Waals surface area (Å²) in [5.74, 6) is 1.79. The normalized spacial score (nSPS) is 24.1. The molecule has 3 rings (SSSR count). The van der Waals surface area contributed by atoms with Crippen LogP contribution in [-0.4, -0.2) is 39.0 Å². The molecule has 1 N–H and O–H groups in total. The molecule has 2 unspecified atom stereocenters. The van der Waals surface area contributed by atoms with Gasteiger partial charge in [-0.15, -0.1) is 0 Å². The zero-order valence-corrected chi connectivity index (χ0v) is 14.1. The van der Waals surface area contributed by atoms with Gasteiger partial charge in [0, 0.05) is 12.5 Å². The molecule has 1 aliphatic heterocycles. The third-order valence-electron chi connectivity index (χ3n) is 4.74. The molecule has 1 heterocycles. The molecule has 6 heteroatoms. The van der Waals surface area contributed by atoms with Crippen LogP contribution < -0.4 is 10.1 Å². The van der Waals surface area contributed by atoms with E-state index < -0.39 is 9.84 Å². The minimum atomic E-state index is -2.96. The second-order valence-electron chi connectivity index (χ2n) is 6.59. The average Bonchev–Trinajstić information content (AvgIpc) is 3.30. The third-order valence-corrected chi connectivity index (χ3v) is 6.51. The molecule has 1 amide bonds. The van der Waals surface area contributed by atoms with Crippen LogP contribution in [0.5, 0.6) is 5.75 Å². The van der Waals surface area contributed by atoms with Gasteiger partial charge in [-0.05, 0) is 48.8 Å². The van der Waals surface area contributed by atoms with Crippen molar-refractivity contribution in [2.45, 2.75) is 37.6 Å². The molecule has 0 spiro atoms. The molecule has 1 aromatic rings. The van der Waals surface area contributed by atoms with Gasteiger partial charge in [0.05, 0.1) is 18.6 Å². The van der Waals surface area contributed by atoms with Crippen molar-refractivity contribution in [1.82, 2.24) is 5.32 Å². The minimum Gasteiger partial charge on any atom is -0.497 e. The van der Waals surface area contributed by atoms with E-state index in [-0.39, 0.29) is 29.4 Å². The molecular formula is C17H23NO4S. The van der Waals surface area contributed by atoms with Crippen LogP contribution in [0.4, 0.5) is 0 Å². The highest BCUT2D eigenvalue weighted by atomic mass is 32.2. The van der Waals surface area contributed by atoms with Crippen LogP contribution in [0.3, 0.4) is 0 Å². The smallest absolute Gasteiger partial charge is 0.220 e. The first-order valence-electron chi connectivity index (χ1n) is 8.10. The Labute approximate surface area is 137 Å². The Morgan fingerprint density at radius 3 is 2.48 bits per heavy atom. The second kappa shape index (κ2) is 6.51. The Hall–Kier alpha value is -1.56. The van der Waals surface area contributed by atoms with Gasteiger partial charge < -0.3 is 10.1 Å². The molecule has 1 saturated heterocycles. The summed E-state index contributed by atoms with van der Waals surface area (Å²) in [4.78, 5) is 12.3. The lowest BCUT2D eigenvalue weighted by atomic mass is 9.90. The van der Waals surface area contributed by atoms with Crippen LogP contribution in [-0.2, 0) is 14.6 Å². The fraction of sp³-hybridized carbons (Fsp3) is 0.588. The summed E-state index contributed by atoms with van der Waals surface area (Å²) in [5.41, 5.74) is 1.16. The predicted molar refractivity (Wildman–Crippen MR) is 88.3 cm³/mol. The van der Waals surface area contributed by atoms with E-state index in [1.165, 1.54) is 0 Å². The van der Waals surface area contributed by atoms with E-state index in [0.29, 0.717) is 18.8 Å². The molecule has 126 valence electrons. The number of amides is 1. The van der Waals surface area contributed by atoms with E-state index in [2.05, 4.69) is 5.32 Å². The zero-order chi connectivity index (χ0) is 16.4. The number of rotatable bonds is 6. The van der Waals surface area contributed by atoms with Crippen LogP contribution in [0.25, 0.3) is 0 Å². The molecule has 2 atom stereocenters. The van der Waals surface area contributed by atoms with Crippen molar-refractivity contribution in [2.75, 3.05) is 18.6 Å². The first-order chi connectivity index (χ1) is 11.0. The molecule has 0 radical (unpaired) electrons. The topological polar surface area (TPSA) is 72.5 Å². The summed E-state index contributed by atoms with van der Waals surface area (Å²) in [7, 11) is -1.33. The number of carbonyl (C=O) groups excluding carboxylic acids is 1. The summed E-state index contributed by atoms with van der Waals surface area (Å²) in [6, 6.07) is 7.67. The second-order valence-corrected chi connectivity index (χ2v) is 8.82. The lowest BCUT2D eigenvalue weighted by Crippen LogP contribution is -2.36. The van der Waals surface area contributed by atoms with Gasteiger partial charge >= 0.3 is 0 Å². The van der Waals surface area contributed by atoms with Crippen LogP contribution in [0.2, 0.25) is 0 Å². The van der Waals surface area contributed by atoms with Crippen LogP contribution in [0.15, 0.2) is 24.3 Å². The van der Waals surface area contributed by atoms with Gasteiger partial charge in [0.25, 0.3) is 0 Å². The summed E-state index contributed by atoms with van der Waals surface area (Å²) in [6.45, 7) is 0. The molecular weight excluding hydrogens is 314 g/mol. The molecule has 0 aromatic heterocycles. The highest BCUT2D eigenvalue weighted by Gasteiger charge is 2.35. The summed E-state index contributed by atoms with van der Waals surface area (Å²) >= 11 is 0. The molecule has 1 saturated carbocycles. The number of hydrogen-bond acceptors (Lipinski definition) is 4. The Bertz CT molecular complexity index is 664. The Morgan fingerprint density at radius 2 is 1.96 bits per heavy atom. The van der Waals surface area contributed by atoms with E-state index in [0.717, 1.165) is 24.2 Å². The number of benzene rings is 1. The number of sulfone groups is 1. The molecule has 2 aliphatic rings. The van der Waals surface area contributed by atoms with Crippen molar-refractivity contribution in [3.05, 3.63) is 29.8 Å². The van der Waals surface area contributed by atoms with Gasteiger partial charge in [0.15, 0.2) is 9.84 Å². The lowest BCUT2D eigenvalue weighted by Gasteiger charge is -2.18. The molecule has 0 bridgehead atoms. The Kier molecular flexibility index (Phi) is 4.62. The third kappa shape index (κ3) is 4.25. The van der Waals surface area contributed by atoms with Crippen molar-refractivity contribution in [2.24, 2.45) is 5.92 Å². The predicted octanol–water partition coefficient (Wildman–Crippen LogP) is 1.88. The number of ether oxygens (including phenoxy) is 1. The largest absolute Gasteiger partial charge is 0.497 e. The highest BCUT2D eigenvalue weighted by Crippen LogP contribution is 2.44. The monoisotopic (exact) mass is 337 g/mol. The molecule has 2 fully saturated rings. The van der Waals surface area contributed by atoms with Gasteiger partial charge in [-0.1, -0.05) is 12.1 Å². The molecule has 1 aliphatic carbocycles. The zero-order valence-electron chi connectivity index (χ0n) is 13.3. The van der Waals surface area contributed by atoms with Gasteiger partial charge in [-0.3, -0.25) is 4.79 Å². The quantitative estimate of drug-likeness (QED) is 0.860. The van der Waals surface area contributed by atoms with Gasteiger partial charge in [-0.25, -0.2) is 8.42 Å². The van der Waals surface area contributed by atoms with Crippen molar-refractivity contribution in [1.29, 1.82) is 0 Å². The van der Waals surface area contributed by atoms with E-state index in [4.69, 9.17) is 4.74 Å². The number of hydrogen-bond donors (Lipinski definition) is 1. The lowest BCUT2D eigenvalue weighted by molar-refractivity contribution is -0.122. The maximum Gasteiger partial charge on any atom is 0.220 e. The Balaban J connectivity index is 1.62. The van der Waals surface area contributed by atoms with E-state index in [1.54, 1.807) is 7.11 Å². The van der Waals surface area contributed by atoms with Crippen LogP contribution in [0.1, 0.15) is 37.2 Å². The minimum absolute atomic E-state index is 0.0418. The van der Waals surface area contributed by atoms with Crippen molar-refractivity contribution < 1.29 is 17.9 Å². The van der Waals surface area contributed by atoms with Crippen molar-refractivity contribution in [3.63, 3.8) is 0 Å². The highest BCUT2D eigenvalue weighted by molar-refractivity contribution is 7.91. The maximum absolute atomic E-state index is 12.3. The first-order valence-corrected chi connectivity index (χ1v) is 9.93. The van der Waals surface area contributed by atoms with Crippen LogP contribution >= 0.6 is 0 Å². The first kappa shape index (κ1) is 16.3. The fourth-order valence-electron chi connectivity index (χ4n) is 3.30. The van der Waals surface area contributed by atoms with E-state index in [1.807, 2.05) is 24.3 Å². The standard InChI is InChI=1S/C17H23NO4S/c1-22-15-6-4-13(5-7-15)16(12-2-3-12)10-17(19)18-14-8-9-23(20,21)11-14/h4-7,12,14,16H,2-3,8-11H2,1H3,(H,18,19). The summed E-state index contributed by atoms with van der Waals surface area (Å²) in [6.07, 6.45) is 3.27. The summed E-state index contributed by atoms with van der Waals surface area (Å²) in [5, 5.41) is 2.90. The fourth-order valence-corrected chi connectivity index (χ4v) is 4.97.